The molecule has 0 aromatic heterocycles. The molecule has 1 aliphatic heterocycles. The van der Waals surface area contributed by atoms with Crippen molar-refractivity contribution in [1.29, 1.82) is 0 Å². The number of nitrogens with one attached hydrogen (secondary N) is 1. The summed E-state index contributed by atoms with van der Waals surface area (Å²) in [6, 6.07) is 0. The lowest BCUT2D eigenvalue weighted by Crippen LogP contribution is -2.48. The zero-order chi connectivity index (χ0) is 10.8. The van der Waals surface area contributed by atoms with Crippen LogP contribution in [-0.2, 0) is 9.59 Å². The summed E-state index contributed by atoms with van der Waals surface area (Å²) in [7, 11) is 0. The molecule has 0 aromatic carbocycles. The minimum atomic E-state index is -0.724. The molecule has 0 aromatic rings. The highest BCUT2D eigenvalue weighted by Crippen LogP contribution is 2.38. The third-order valence-corrected chi connectivity index (χ3v) is 3.70. The third-order valence-electron chi connectivity index (χ3n) is 3.70. The van der Waals surface area contributed by atoms with Gasteiger partial charge in [-0.3, -0.25) is 9.59 Å². The zero-order valence-electron chi connectivity index (χ0n) is 8.74. The van der Waals surface area contributed by atoms with Gasteiger partial charge in [0.15, 0.2) is 0 Å². The van der Waals surface area contributed by atoms with E-state index in [4.69, 9.17) is 5.11 Å². The van der Waals surface area contributed by atoms with E-state index >= 15 is 0 Å². The molecule has 2 atom stereocenters. The van der Waals surface area contributed by atoms with E-state index in [0.717, 1.165) is 19.5 Å². The number of aliphatic carboxylic acids is 1. The van der Waals surface area contributed by atoms with Crippen LogP contribution < -0.4 is 5.32 Å². The summed E-state index contributed by atoms with van der Waals surface area (Å²) >= 11 is 0. The maximum absolute atomic E-state index is 11.4. The highest BCUT2D eigenvalue weighted by molar-refractivity contribution is 5.80. The number of piperidine rings is 1. The van der Waals surface area contributed by atoms with Crippen molar-refractivity contribution < 1.29 is 14.7 Å². The first-order chi connectivity index (χ1) is 7.16. The van der Waals surface area contributed by atoms with Crippen LogP contribution in [0.1, 0.15) is 25.7 Å². The summed E-state index contributed by atoms with van der Waals surface area (Å²) in [5.41, 5.74) is 0. The summed E-state index contributed by atoms with van der Waals surface area (Å²) in [6.45, 7) is 1.76. The first kappa shape index (κ1) is 10.6. The molecule has 4 nitrogen and oxygen atoms in total. The van der Waals surface area contributed by atoms with Gasteiger partial charge < -0.3 is 10.4 Å². The average Bonchev–Trinajstić information content (AvgIpc) is 2.14. The summed E-state index contributed by atoms with van der Waals surface area (Å²) < 4.78 is 0. The van der Waals surface area contributed by atoms with E-state index in [2.05, 4.69) is 5.32 Å². The van der Waals surface area contributed by atoms with Crippen molar-refractivity contribution in [3.63, 3.8) is 0 Å². The van der Waals surface area contributed by atoms with E-state index < -0.39 is 5.97 Å². The molecule has 2 fully saturated rings. The highest BCUT2D eigenvalue weighted by atomic mass is 16.4. The fraction of sp³-hybridized carbons (Fsp3) is 0.818. The molecule has 84 valence electrons. The molecule has 0 amide bonds. The minimum Gasteiger partial charge on any atom is -0.481 e. The van der Waals surface area contributed by atoms with E-state index in [9.17, 15) is 9.59 Å². The maximum Gasteiger partial charge on any atom is 0.303 e. The summed E-state index contributed by atoms with van der Waals surface area (Å²) in [6.07, 6.45) is 2.27. The number of carbonyl (C=O) groups excluding carboxylic acids is 1. The van der Waals surface area contributed by atoms with Gasteiger partial charge in [-0.05, 0) is 37.3 Å². The topological polar surface area (TPSA) is 66.4 Å². The molecule has 1 heterocycles. The average molecular weight is 211 g/mol. The molecule has 2 unspecified atom stereocenters. The molecule has 2 bridgehead atoms. The van der Waals surface area contributed by atoms with Gasteiger partial charge in [0.1, 0.15) is 5.78 Å². The molecule has 2 rings (SSSR count). The van der Waals surface area contributed by atoms with Crippen LogP contribution in [0, 0.1) is 17.8 Å². The van der Waals surface area contributed by atoms with Crippen molar-refractivity contribution in [2.75, 3.05) is 13.1 Å². The normalized spacial score (nSPS) is 35.2. The molecule has 2 N–H and O–H groups in total. The van der Waals surface area contributed by atoms with Crippen LogP contribution >= 0.6 is 0 Å². The van der Waals surface area contributed by atoms with Gasteiger partial charge in [0.2, 0.25) is 0 Å². The monoisotopic (exact) mass is 211 g/mol. The van der Waals surface area contributed by atoms with Gasteiger partial charge in [0.25, 0.3) is 0 Å². The fourth-order valence-electron chi connectivity index (χ4n) is 3.02. The van der Waals surface area contributed by atoms with Crippen LogP contribution in [0.25, 0.3) is 0 Å². The Balaban J connectivity index is 1.97. The molecule has 2 aliphatic rings. The van der Waals surface area contributed by atoms with Crippen molar-refractivity contribution >= 4 is 11.8 Å². The number of hydrogen-bond acceptors (Lipinski definition) is 3. The Morgan fingerprint density at radius 3 is 2.47 bits per heavy atom. The molecule has 0 spiro atoms. The van der Waals surface area contributed by atoms with Crippen LogP contribution in [0.4, 0.5) is 0 Å². The quantitative estimate of drug-likeness (QED) is 0.720. The number of rotatable bonds is 3. The Labute approximate surface area is 89.0 Å². The minimum absolute atomic E-state index is 0.242. The van der Waals surface area contributed by atoms with E-state index in [-0.39, 0.29) is 6.42 Å². The highest BCUT2D eigenvalue weighted by Gasteiger charge is 2.39. The first-order valence-electron chi connectivity index (χ1n) is 5.61. The molecular weight excluding hydrogens is 194 g/mol. The number of carboxylic acid groups (broad SMARTS) is 1. The number of ketones is 1. The van der Waals surface area contributed by atoms with Crippen molar-refractivity contribution in [3.8, 4) is 0 Å². The fourth-order valence-corrected chi connectivity index (χ4v) is 3.02. The molecular formula is C11H17NO3. The van der Waals surface area contributed by atoms with Gasteiger partial charge in [-0.1, -0.05) is 0 Å². The summed E-state index contributed by atoms with van der Waals surface area (Å²) in [4.78, 5) is 22.0. The van der Waals surface area contributed by atoms with Crippen LogP contribution in [0.15, 0.2) is 0 Å². The first-order valence-corrected chi connectivity index (χ1v) is 5.61. The van der Waals surface area contributed by atoms with Gasteiger partial charge >= 0.3 is 5.97 Å². The second-order valence-electron chi connectivity index (χ2n) is 4.72. The van der Waals surface area contributed by atoms with E-state index in [1.54, 1.807) is 0 Å². The Bertz CT molecular complexity index is 261. The van der Waals surface area contributed by atoms with Gasteiger partial charge in [0, 0.05) is 19.3 Å². The number of fused-ring (bicyclic) bond motifs is 2. The molecule has 4 heteroatoms. The van der Waals surface area contributed by atoms with Crippen LogP contribution in [0.3, 0.4) is 0 Å². The number of hydrogen-bond donors (Lipinski definition) is 2. The van der Waals surface area contributed by atoms with Crippen molar-refractivity contribution in [2.24, 2.45) is 17.8 Å². The van der Waals surface area contributed by atoms with E-state index in [1.807, 2.05) is 0 Å². The third kappa shape index (κ3) is 2.37. The van der Waals surface area contributed by atoms with E-state index in [1.165, 1.54) is 0 Å². The number of carboxylic acids is 1. The van der Waals surface area contributed by atoms with Crippen LogP contribution in [0.5, 0.6) is 0 Å². The van der Waals surface area contributed by atoms with Gasteiger partial charge in [0.05, 0.1) is 0 Å². The van der Waals surface area contributed by atoms with Crippen LogP contribution in [0.2, 0.25) is 0 Å². The number of Topliss-reactive ketones (excluding diaryl/α,β-unsaturated/α-hetero) is 1. The van der Waals surface area contributed by atoms with Crippen molar-refractivity contribution in [1.82, 2.24) is 5.32 Å². The second-order valence-corrected chi connectivity index (χ2v) is 4.72. The van der Waals surface area contributed by atoms with E-state index in [0.29, 0.717) is 36.4 Å². The Kier molecular flexibility index (Phi) is 3.05. The molecule has 0 radical (unpaired) electrons. The van der Waals surface area contributed by atoms with Crippen molar-refractivity contribution in [3.05, 3.63) is 0 Å². The van der Waals surface area contributed by atoms with Gasteiger partial charge in [-0.25, -0.2) is 0 Å². The Morgan fingerprint density at radius 1 is 1.33 bits per heavy atom. The zero-order valence-corrected chi connectivity index (χ0v) is 8.74. The number of carbonyl (C=O) groups is 2. The lowest BCUT2D eigenvalue weighted by Gasteiger charge is -2.42. The summed E-state index contributed by atoms with van der Waals surface area (Å²) in [5, 5.41) is 12.0. The predicted molar refractivity (Wildman–Crippen MR) is 54.5 cm³/mol. The molecule has 1 aliphatic carbocycles. The molecule has 1 saturated heterocycles. The van der Waals surface area contributed by atoms with Crippen molar-refractivity contribution in [2.45, 2.75) is 25.7 Å². The van der Waals surface area contributed by atoms with Crippen LogP contribution in [-0.4, -0.2) is 29.9 Å². The molecule has 15 heavy (non-hydrogen) atoms. The standard InChI is InChI=1S/C11H17NO3/c13-9-3-7-5-12-6-8(4-9)10(7)1-2-11(14)15/h7-8,10,12H,1-6H2,(H,14,15). The second kappa shape index (κ2) is 4.31. The smallest absolute Gasteiger partial charge is 0.303 e. The largest absolute Gasteiger partial charge is 0.481 e. The lowest BCUT2D eigenvalue weighted by molar-refractivity contribution is -0.137. The lowest BCUT2D eigenvalue weighted by atomic mass is 9.67. The SMILES string of the molecule is O=C(O)CCC1C2CNCC1CC(=O)C2. The predicted octanol–water partition coefficient (Wildman–Crippen LogP) is 0.666. The van der Waals surface area contributed by atoms with Gasteiger partial charge in [-0.2, -0.15) is 0 Å². The Hall–Kier alpha value is -0.900. The molecule has 1 saturated carbocycles. The maximum atomic E-state index is 11.4. The summed E-state index contributed by atoms with van der Waals surface area (Å²) in [5.74, 6) is 0.838. The Morgan fingerprint density at radius 2 is 1.93 bits per heavy atom. The van der Waals surface area contributed by atoms with Gasteiger partial charge in [-0.15, -0.1) is 0 Å².